The minimum absolute atomic E-state index is 0.00930. The molecule has 336 valence electrons. The van der Waals surface area contributed by atoms with Gasteiger partial charge in [0.05, 0.1) is 0 Å². The van der Waals surface area contributed by atoms with Crippen LogP contribution in [0.1, 0.15) is 105 Å². The zero-order valence-electron chi connectivity index (χ0n) is 42.2. The van der Waals surface area contributed by atoms with Gasteiger partial charge < -0.3 is 0 Å². The van der Waals surface area contributed by atoms with Gasteiger partial charge in [0.15, 0.2) is 0 Å². The average Bonchev–Trinajstić information content (AvgIpc) is 3.30. The predicted octanol–water partition coefficient (Wildman–Crippen LogP) is 20.0. The fourth-order valence-corrected chi connectivity index (χ4v) is 10.8. The molecule has 11 rings (SSSR count). The van der Waals surface area contributed by atoms with Gasteiger partial charge in [0.1, 0.15) is 0 Å². The van der Waals surface area contributed by atoms with E-state index in [0.717, 1.165) is 0 Å². The maximum atomic E-state index is 2.55. The summed E-state index contributed by atoms with van der Waals surface area (Å²) in [6.45, 7) is 28.0. The van der Waals surface area contributed by atoms with Gasteiger partial charge in [-0.3, -0.25) is 0 Å². The lowest BCUT2D eigenvalue weighted by Crippen LogP contribution is -2.12. The first kappa shape index (κ1) is 43.8. The first-order valence-corrected chi connectivity index (χ1v) is 24.7. The Balaban J connectivity index is 1.28. The third kappa shape index (κ3) is 7.45. The highest BCUT2D eigenvalue weighted by Gasteiger charge is 2.25. The van der Waals surface area contributed by atoms with E-state index >= 15 is 0 Å². The Labute approximate surface area is 403 Å². The molecule has 0 spiro atoms. The lowest BCUT2D eigenvalue weighted by atomic mass is 9.79. The van der Waals surface area contributed by atoms with Crippen LogP contribution in [0, 0.1) is 0 Å². The average molecular weight is 881 g/mol. The van der Waals surface area contributed by atoms with Crippen LogP contribution in [0.5, 0.6) is 0 Å². The van der Waals surface area contributed by atoms with Crippen molar-refractivity contribution in [3.63, 3.8) is 0 Å². The largest absolute Gasteiger partial charge is 0.0616 e. The molecule has 0 unspecified atom stereocenters. The third-order valence-corrected chi connectivity index (χ3v) is 15.0. The van der Waals surface area contributed by atoms with Crippen molar-refractivity contribution in [1.82, 2.24) is 0 Å². The first-order chi connectivity index (χ1) is 32.2. The van der Waals surface area contributed by atoms with Crippen LogP contribution in [0.3, 0.4) is 0 Å². The van der Waals surface area contributed by atoms with E-state index in [1.165, 1.54) is 131 Å². The van der Waals surface area contributed by atoms with Crippen LogP contribution in [-0.2, 0) is 21.7 Å². The van der Waals surface area contributed by atoms with Gasteiger partial charge in [0.2, 0.25) is 0 Å². The van der Waals surface area contributed by atoms with Crippen LogP contribution in [0.4, 0.5) is 0 Å². The second kappa shape index (κ2) is 15.4. The second-order valence-corrected chi connectivity index (χ2v) is 23.9. The second-order valence-electron chi connectivity index (χ2n) is 23.9. The lowest BCUT2D eigenvalue weighted by Gasteiger charge is -2.25. The molecular formula is C68H64. The number of benzene rings is 11. The third-order valence-electron chi connectivity index (χ3n) is 15.0. The van der Waals surface area contributed by atoms with Gasteiger partial charge in [-0.15, -0.1) is 0 Å². The van der Waals surface area contributed by atoms with Crippen molar-refractivity contribution < 1.29 is 0 Å². The van der Waals surface area contributed by atoms with Gasteiger partial charge >= 0.3 is 0 Å². The Morgan fingerprint density at radius 2 is 0.574 bits per heavy atom. The molecule has 0 aliphatic carbocycles. The minimum Gasteiger partial charge on any atom is -0.0616 e. The van der Waals surface area contributed by atoms with Crippen LogP contribution in [-0.4, -0.2) is 0 Å². The Bertz CT molecular complexity index is 3860. The Kier molecular flexibility index (Phi) is 9.90. The molecule has 11 aromatic rings. The van der Waals surface area contributed by atoms with Crippen molar-refractivity contribution in [3.05, 3.63) is 192 Å². The summed E-state index contributed by atoms with van der Waals surface area (Å²) in [7, 11) is 0. The summed E-state index contributed by atoms with van der Waals surface area (Å²) in [5.41, 5.74) is 12.9. The van der Waals surface area contributed by atoms with Gasteiger partial charge in [-0.05, 0) is 189 Å². The van der Waals surface area contributed by atoms with E-state index < -0.39 is 0 Å². The van der Waals surface area contributed by atoms with Crippen LogP contribution >= 0.6 is 0 Å². The lowest BCUT2D eigenvalue weighted by molar-refractivity contribution is 0.589. The summed E-state index contributed by atoms with van der Waals surface area (Å²) in [6.07, 6.45) is 0. The molecule has 11 aromatic carbocycles. The molecule has 0 aromatic heterocycles. The van der Waals surface area contributed by atoms with Gasteiger partial charge in [0, 0.05) is 0 Å². The normalized spacial score (nSPS) is 13.0. The highest BCUT2D eigenvalue weighted by molar-refractivity contribution is 6.26. The maximum absolute atomic E-state index is 2.55. The number of fused-ring (bicyclic) bond motifs is 10. The summed E-state index contributed by atoms with van der Waals surface area (Å²) in [4.78, 5) is 0. The molecule has 0 aliphatic heterocycles. The molecule has 0 N–H and O–H groups in total. The highest BCUT2D eigenvalue weighted by Crippen LogP contribution is 2.48. The van der Waals surface area contributed by atoms with Gasteiger partial charge in [-0.1, -0.05) is 217 Å². The van der Waals surface area contributed by atoms with Crippen molar-refractivity contribution in [2.45, 2.75) is 105 Å². The van der Waals surface area contributed by atoms with Gasteiger partial charge in [0.25, 0.3) is 0 Å². The van der Waals surface area contributed by atoms with Crippen LogP contribution < -0.4 is 0 Å². The van der Waals surface area contributed by atoms with E-state index in [-0.39, 0.29) is 21.7 Å². The summed E-state index contributed by atoms with van der Waals surface area (Å²) >= 11 is 0. The van der Waals surface area contributed by atoms with Gasteiger partial charge in [-0.25, -0.2) is 0 Å². The molecule has 0 saturated heterocycles. The molecule has 68 heavy (non-hydrogen) atoms. The van der Waals surface area contributed by atoms with Crippen LogP contribution in [0.15, 0.2) is 170 Å². The number of hydrogen-bond donors (Lipinski definition) is 0. The standard InChI is InChI=1S/C68H64/c1-65(2,3)47-27-23-45-32-49(67(7,8)9)37-59(56(45)35-47)61-40-64-58-34-43(42-25-29-52-44(31-42)22-21-41-17-13-14-18-51(41)52)26-30-55(58)63(39-62(64)54-20-16-15-19-53(54)61)60-38-50(68(10,11)12)33-46-24-28-48(36-57(46)60)66(4,5)6/h13-40H,1-12H3. The number of rotatable bonds is 3. The summed E-state index contributed by atoms with van der Waals surface area (Å²) < 4.78 is 0. The summed E-state index contributed by atoms with van der Waals surface area (Å²) in [6, 6.07) is 66.1. The maximum Gasteiger partial charge on any atom is -0.00921 e. The molecule has 0 heteroatoms. The first-order valence-electron chi connectivity index (χ1n) is 24.7. The van der Waals surface area contributed by atoms with Crippen molar-refractivity contribution in [1.29, 1.82) is 0 Å². The highest BCUT2D eigenvalue weighted by atomic mass is 14.3. The summed E-state index contributed by atoms with van der Waals surface area (Å²) in [5, 5.41) is 17.9. The van der Waals surface area contributed by atoms with Crippen LogP contribution in [0.2, 0.25) is 0 Å². The van der Waals surface area contributed by atoms with E-state index in [2.05, 4.69) is 253 Å². The predicted molar refractivity (Wildman–Crippen MR) is 300 cm³/mol. The molecule has 0 heterocycles. The molecule has 0 fully saturated rings. The van der Waals surface area contributed by atoms with Crippen LogP contribution in [0.25, 0.3) is 109 Å². The molecule has 0 bridgehead atoms. The molecule has 0 nitrogen and oxygen atoms in total. The van der Waals surface area contributed by atoms with E-state index in [0.29, 0.717) is 0 Å². The molecule has 0 radical (unpaired) electrons. The zero-order chi connectivity index (χ0) is 47.7. The monoisotopic (exact) mass is 881 g/mol. The molecular weight excluding hydrogens is 817 g/mol. The quantitative estimate of drug-likeness (QED) is 0.155. The fraction of sp³-hybridized carbons (Fsp3) is 0.235. The van der Waals surface area contributed by atoms with Gasteiger partial charge in [-0.2, -0.15) is 0 Å². The molecule has 0 amide bonds. The molecule has 0 saturated carbocycles. The van der Waals surface area contributed by atoms with E-state index in [1.807, 2.05) is 0 Å². The van der Waals surface area contributed by atoms with E-state index in [1.54, 1.807) is 0 Å². The minimum atomic E-state index is -0.0360. The van der Waals surface area contributed by atoms with E-state index in [4.69, 9.17) is 0 Å². The zero-order valence-corrected chi connectivity index (χ0v) is 42.2. The van der Waals surface area contributed by atoms with Crippen molar-refractivity contribution in [2.24, 2.45) is 0 Å². The SMILES string of the molecule is CC(C)(C)c1cc(-c2cc3c4cc(-c5ccc6c(ccc7ccccc76)c5)ccc4c(-c4cc(C(C)(C)C)cc5ccc(C(C)(C)C)cc45)cc3c3ccccc23)c2cc(C(C)(C)C)ccc2c1. The molecule has 0 aliphatic rings. The Hall–Kier alpha value is -6.76. The Morgan fingerprint density at radius 3 is 1.12 bits per heavy atom. The van der Waals surface area contributed by atoms with Crippen molar-refractivity contribution in [2.75, 3.05) is 0 Å². The summed E-state index contributed by atoms with van der Waals surface area (Å²) in [5.74, 6) is 0. The van der Waals surface area contributed by atoms with Crippen molar-refractivity contribution in [3.8, 4) is 33.4 Å². The number of hydrogen-bond acceptors (Lipinski definition) is 0. The topological polar surface area (TPSA) is 0 Å². The smallest absolute Gasteiger partial charge is 0.00921 e. The van der Waals surface area contributed by atoms with Crippen molar-refractivity contribution >= 4 is 75.4 Å². The fourth-order valence-electron chi connectivity index (χ4n) is 10.8. The Morgan fingerprint density at radius 1 is 0.206 bits per heavy atom. The van der Waals surface area contributed by atoms with E-state index in [9.17, 15) is 0 Å². The molecule has 0 atom stereocenters.